The molecule has 7 heteroatoms. The number of aliphatic hydroxyl groups is 1. The summed E-state index contributed by atoms with van der Waals surface area (Å²) in [5.74, 6) is 0. The fraction of sp³-hybridized carbons (Fsp3) is 0.778. The van der Waals surface area contributed by atoms with Crippen molar-refractivity contribution in [1.82, 2.24) is 20.1 Å². The van der Waals surface area contributed by atoms with Gasteiger partial charge in [0.1, 0.15) is 0 Å². The van der Waals surface area contributed by atoms with Gasteiger partial charge in [0, 0.05) is 19.6 Å². The minimum Gasteiger partial charge on any atom is -0.391 e. The van der Waals surface area contributed by atoms with E-state index in [-0.39, 0.29) is 17.0 Å². The molecule has 1 fully saturated rings. The molecule has 0 amide bonds. The van der Waals surface area contributed by atoms with Crippen molar-refractivity contribution in [3.8, 4) is 0 Å². The van der Waals surface area contributed by atoms with Gasteiger partial charge in [-0.2, -0.15) is 0 Å². The van der Waals surface area contributed by atoms with Gasteiger partial charge in [0.2, 0.25) is 0 Å². The zero-order valence-corrected chi connectivity index (χ0v) is 9.96. The van der Waals surface area contributed by atoms with Gasteiger partial charge < -0.3 is 10.4 Å². The molecule has 0 aromatic carbocycles. The standard InChI is InChI=1S/C9H16N4O2S/c1-2-3-13-8(15)11-12-9(13)16-7-5-10-4-6(7)14/h6-7,10,14H,2-5H2,1H3,(H,11,15). The van der Waals surface area contributed by atoms with Gasteiger partial charge in [0.15, 0.2) is 5.16 Å². The molecule has 1 aliphatic heterocycles. The molecule has 1 saturated heterocycles. The molecular formula is C9H16N4O2S. The van der Waals surface area contributed by atoms with E-state index in [9.17, 15) is 9.90 Å². The lowest BCUT2D eigenvalue weighted by atomic mass is 10.3. The maximum Gasteiger partial charge on any atom is 0.343 e. The van der Waals surface area contributed by atoms with Gasteiger partial charge in [0.25, 0.3) is 0 Å². The summed E-state index contributed by atoms with van der Waals surface area (Å²) < 4.78 is 1.62. The molecule has 2 atom stereocenters. The summed E-state index contributed by atoms with van der Waals surface area (Å²) in [5, 5.41) is 19.9. The third-order valence-electron chi connectivity index (χ3n) is 2.56. The van der Waals surface area contributed by atoms with E-state index >= 15 is 0 Å². The van der Waals surface area contributed by atoms with E-state index in [2.05, 4.69) is 15.5 Å². The lowest BCUT2D eigenvalue weighted by molar-refractivity contribution is 0.201. The van der Waals surface area contributed by atoms with Gasteiger partial charge in [-0.25, -0.2) is 9.89 Å². The van der Waals surface area contributed by atoms with Gasteiger partial charge in [-0.1, -0.05) is 18.7 Å². The van der Waals surface area contributed by atoms with Crippen LogP contribution in [-0.2, 0) is 6.54 Å². The molecule has 0 saturated carbocycles. The second-order valence-corrected chi connectivity index (χ2v) is 5.05. The number of aromatic nitrogens is 3. The fourth-order valence-electron chi connectivity index (χ4n) is 1.71. The number of nitrogens with zero attached hydrogens (tertiary/aromatic N) is 2. The number of H-pyrrole nitrogens is 1. The van der Waals surface area contributed by atoms with Crippen LogP contribution in [0, 0.1) is 0 Å². The van der Waals surface area contributed by atoms with Crippen LogP contribution in [-0.4, -0.2) is 44.3 Å². The zero-order valence-electron chi connectivity index (χ0n) is 9.14. The first-order valence-electron chi connectivity index (χ1n) is 5.43. The topological polar surface area (TPSA) is 82.9 Å². The van der Waals surface area contributed by atoms with Crippen LogP contribution < -0.4 is 11.0 Å². The predicted molar refractivity (Wildman–Crippen MR) is 61.7 cm³/mol. The van der Waals surface area contributed by atoms with Gasteiger partial charge in [-0.05, 0) is 6.42 Å². The van der Waals surface area contributed by atoms with Crippen LogP contribution in [0.4, 0.5) is 0 Å². The number of thioether (sulfide) groups is 1. The summed E-state index contributed by atoms with van der Waals surface area (Å²) in [6.45, 7) is 4.03. The molecule has 90 valence electrons. The average Bonchev–Trinajstić information content (AvgIpc) is 2.80. The molecular weight excluding hydrogens is 228 g/mol. The Kier molecular flexibility index (Phi) is 3.67. The molecule has 0 bridgehead atoms. The van der Waals surface area contributed by atoms with Gasteiger partial charge >= 0.3 is 5.69 Å². The molecule has 6 nitrogen and oxygen atoms in total. The van der Waals surface area contributed by atoms with Crippen LogP contribution in [0.3, 0.4) is 0 Å². The third-order valence-corrected chi connectivity index (χ3v) is 3.86. The average molecular weight is 244 g/mol. The highest BCUT2D eigenvalue weighted by atomic mass is 32.2. The minimum absolute atomic E-state index is 0.0748. The molecule has 0 radical (unpaired) electrons. The summed E-state index contributed by atoms with van der Waals surface area (Å²) in [4.78, 5) is 11.4. The van der Waals surface area contributed by atoms with Crippen molar-refractivity contribution in [3.63, 3.8) is 0 Å². The Balaban J connectivity index is 2.11. The molecule has 3 N–H and O–H groups in total. The number of nitrogens with one attached hydrogen (secondary N) is 2. The van der Waals surface area contributed by atoms with E-state index in [0.717, 1.165) is 13.0 Å². The number of hydrogen-bond donors (Lipinski definition) is 3. The summed E-state index contributed by atoms with van der Waals surface area (Å²) >= 11 is 1.45. The Morgan fingerprint density at radius 2 is 2.44 bits per heavy atom. The zero-order chi connectivity index (χ0) is 11.5. The largest absolute Gasteiger partial charge is 0.391 e. The molecule has 2 unspecified atom stereocenters. The monoisotopic (exact) mass is 244 g/mol. The summed E-state index contributed by atoms with van der Waals surface area (Å²) in [5.41, 5.74) is -0.176. The first kappa shape index (κ1) is 11.7. The fourth-order valence-corrected chi connectivity index (χ4v) is 2.84. The first-order valence-corrected chi connectivity index (χ1v) is 6.31. The lowest BCUT2D eigenvalue weighted by Crippen LogP contribution is -2.22. The Hall–Kier alpha value is -0.790. The molecule has 2 heterocycles. The van der Waals surface area contributed by atoms with Crippen molar-refractivity contribution in [3.05, 3.63) is 10.5 Å². The highest BCUT2D eigenvalue weighted by molar-refractivity contribution is 7.99. The van der Waals surface area contributed by atoms with Gasteiger partial charge in [-0.15, -0.1) is 5.10 Å². The second kappa shape index (κ2) is 5.03. The van der Waals surface area contributed by atoms with E-state index in [0.29, 0.717) is 18.2 Å². The van der Waals surface area contributed by atoms with E-state index in [1.165, 1.54) is 11.8 Å². The number of aromatic amines is 1. The van der Waals surface area contributed by atoms with E-state index in [4.69, 9.17) is 0 Å². The molecule has 1 aliphatic rings. The maximum atomic E-state index is 11.4. The van der Waals surface area contributed by atoms with E-state index in [1.807, 2.05) is 6.92 Å². The van der Waals surface area contributed by atoms with E-state index < -0.39 is 0 Å². The lowest BCUT2D eigenvalue weighted by Gasteiger charge is -2.12. The molecule has 1 aromatic rings. The Bertz CT molecular complexity index is 402. The predicted octanol–water partition coefficient (Wildman–Crippen LogP) is -0.594. The Morgan fingerprint density at radius 1 is 1.62 bits per heavy atom. The number of β-amino-alcohol motifs (C(OH)–C–C–N with tert-alkyl or cyclic N) is 1. The maximum absolute atomic E-state index is 11.4. The number of aliphatic hydroxyl groups excluding tert-OH is 1. The van der Waals surface area contributed by atoms with Crippen LogP contribution in [0.2, 0.25) is 0 Å². The summed E-state index contributed by atoms with van der Waals surface area (Å²) in [6, 6.07) is 0. The molecule has 2 rings (SSSR count). The minimum atomic E-state index is -0.369. The van der Waals surface area contributed by atoms with Crippen LogP contribution in [0.25, 0.3) is 0 Å². The van der Waals surface area contributed by atoms with Crippen molar-refractivity contribution >= 4 is 11.8 Å². The molecule has 1 aromatic heterocycles. The Morgan fingerprint density at radius 3 is 3.06 bits per heavy atom. The second-order valence-electron chi connectivity index (χ2n) is 3.84. The highest BCUT2D eigenvalue weighted by Gasteiger charge is 2.27. The van der Waals surface area contributed by atoms with Crippen LogP contribution in [0.5, 0.6) is 0 Å². The van der Waals surface area contributed by atoms with Crippen LogP contribution >= 0.6 is 11.8 Å². The van der Waals surface area contributed by atoms with E-state index in [1.54, 1.807) is 4.57 Å². The number of rotatable bonds is 4. The first-order chi connectivity index (χ1) is 7.72. The highest BCUT2D eigenvalue weighted by Crippen LogP contribution is 2.24. The third kappa shape index (κ3) is 2.31. The van der Waals surface area contributed by atoms with Crippen LogP contribution in [0.1, 0.15) is 13.3 Å². The van der Waals surface area contributed by atoms with Crippen molar-refractivity contribution < 1.29 is 5.11 Å². The SMILES string of the molecule is CCCn1c(SC2CNCC2O)n[nH]c1=O. The van der Waals surface area contributed by atoms with Crippen molar-refractivity contribution in [2.24, 2.45) is 0 Å². The Labute approximate surface area is 97.4 Å². The van der Waals surface area contributed by atoms with Crippen molar-refractivity contribution in [2.75, 3.05) is 13.1 Å². The van der Waals surface area contributed by atoms with Crippen molar-refractivity contribution in [2.45, 2.75) is 36.4 Å². The summed E-state index contributed by atoms with van der Waals surface area (Å²) in [7, 11) is 0. The van der Waals surface area contributed by atoms with Crippen molar-refractivity contribution in [1.29, 1.82) is 0 Å². The van der Waals surface area contributed by atoms with Gasteiger partial charge in [0.05, 0.1) is 11.4 Å². The molecule has 0 spiro atoms. The summed E-state index contributed by atoms with van der Waals surface area (Å²) in [6.07, 6.45) is 0.519. The quantitative estimate of drug-likeness (QED) is 0.659. The number of hydrogen-bond acceptors (Lipinski definition) is 5. The van der Waals surface area contributed by atoms with Gasteiger partial charge in [-0.3, -0.25) is 4.57 Å². The molecule has 0 aliphatic carbocycles. The smallest absolute Gasteiger partial charge is 0.343 e. The molecule has 16 heavy (non-hydrogen) atoms. The normalized spacial score (nSPS) is 25.1. The van der Waals surface area contributed by atoms with Crippen LogP contribution in [0.15, 0.2) is 9.95 Å².